The summed E-state index contributed by atoms with van der Waals surface area (Å²) in [5.74, 6) is -0.291. The topological polar surface area (TPSA) is 67.9 Å². The Morgan fingerprint density at radius 2 is 1.75 bits per heavy atom. The molecule has 0 N–H and O–H groups in total. The van der Waals surface area contributed by atoms with Crippen LogP contribution in [-0.2, 0) is 17.8 Å². The van der Waals surface area contributed by atoms with Crippen LogP contribution in [0.5, 0.6) is 0 Å². The number of nitrogens with zero attached hydrogens (tertiary/aromatic N) is 3. The van der Waals surface area contributed by atoms with Crippen molar-refractivity contribution in [2.75, 3.05) is 4.90 Å². The van der Waals surface area contributed by atoms with E-state index in [1.807, 2.05) is 67.6 Å². The minimum Gasteiger partial charge on any atom is -0.303 e. The highest BCUT2D eigenvalue weighted by molar-refractivity contribution is 6.34. The van der Waals surface area contributed by atoms with E-state index in [0.29, 0.717) is 12.1 Å². The molecule has 0 fully saturated rings. The molecule has 3 rings (SSSR count). The first-order valence-corrected chi connectivity index (χ1v) is 7.73. The van der Waals surface area contributed by atoms with E-state index in [9.17, 15) is 15.3 Å². The van der Waals surface area contributed by atoms with Crippen LogP contribution in [0, 0.1) is 22.7 Å². The summed E-state index contributed by atoms with van der Waals surface area (Å²) in [6, 6.07) is 19.2. The first-order chi connectivity index (χ1) is 11.7. The summed E-state index contributed by atoms with van der Waals surface area (Å²) in [5.41, 5.74) is 3.56. The Hall–Kier alpha value is -3.37. The van der Waals surface area contributed by atoms with Crippen LogP contribution in [0.3, 0.4) is 0 Å². The number of hydrogen-bond acceptors (Lipinski definition) is 3. The van der Waals surface area contributed by atoms with Gasteiger partial charge < -0.3 is 4.90 Å². The van der Waals surface area contributed by atoms with Crippen LogP contribution < -0.4 is 4.90 Å². The Morgan fingerprint density at radius 3 is 2.38 bits per heavy atom. The lowest BCUT2D eigenvalue weighted by Gasteiger charge is -2.17. The third-order valence-electron chi connectivity index (χ3n) is 4.15. The van der Waals surface area contributed by atoms with Crippen LogP contribution >= 0.6 is 0 Å². The van der Waals surface area contributed by atoms with Gasteiger partial charge in [0.1, 0.15) is 17.7 Å². The van der Waals surface area contributed by atoms with Crippen molar-refractivity contribution < 1.29 is 4.79 Å². The summed E-state index contributed by atoms with van der Waals surface area (Å²) >= 11 is 0. The first kappa shape index (κ1) is 15.5. The summed E-state index contributed by atoms with van der Waals surface area (Å²) in [4.78, 5) is 14.5. The zero-order valence-corrected chi connectivity index (χ0v) is 13.3. The van der Waals surface area contributed by atoms with Crippen LogP contribution in [0.25, 0.3) is 5.57 Å². The van der Waals surface area contributed by atoms with Gasteiger partial charge in [-0.1, -0.05) is 43.3 Å². The lowest BCUT2D eigenvalue weighted by molar-refractivity contribution is -0.113. The maximum Gasteiger partial charge on any atom is 0.261 e. The lowest BCUT2D eigenvalue weighted by Crippen LogP contribution is -2.26. The molecule has 0 aromatic heterocycles. The molecular formula is C20H15N3O. The molecular weight excluding hydrogens is 298 g/mol. The van der Waals surface area contributed by atoms with E-state index in [4.69, 9.17) is 0 Å². The first-order valence-electron chi connectivity index (χ1n) is 7.73. The predicted octanol–water partition coefficient (Wildman–Crippen LogP) is 3.60. The highest BCUT2D eigenvalue weighted by Crippen LogP contribution is 2.39. The largest absolute Gasteiger partial charge is 0.303 e. The monoisotopic (exact) mass is 313 g/mol. The van der Waals surface area contributed by atoms with Gasteiger partial charge in [0.05, 0.1) is 17.8 Å². The van der Waals surface area contributed by atoms with Gasteiger partial charge in [0.25, 0.3) is 5.91 Å². The van der Waals surface area contributed by atoms with Crippen molar-refractivity contribution in [2.24, 2.45) is 0 Å². The van der Waals surface area contributed by atoms with Crippen molar-refractivity contribution >= 4 is 17.2 Å². The quantitative estimate of drug-likeness (QED) is 0.642. The number of amides is 1. The van der Waals surface area contributed by atoms with Crippen molar-refractivity contribution in [1.82, 2.24) is 0 Å². The van der Waals surface area contributed by atoms with E-state index < -0.39 is 0 Å². The van der Waals surface area contributed by atoms with E-state index >= 15 is 0 Å². The normalized spacial score (nSPS) is 12.5. The SMILES string of the molecule is CCc1ccc2c(c1)C(=C(C#N)C#N)C(=O)N2Cc1ccccc1. The summed E-state index contributed by atoms with van der Waals surface area (Å²) in [5, 5.41) is 18.5. The molecule has 1 aliphatic rings. The van der Waals surface area contributed by atoms with Crippen LogP contribution in [0.2, 0.25) is 0 Å². The van der Waals surface area contributed by atoms with Crippen LogP contribution in [0.1, 0.15) is 23.6 Å². The molecule has 4 nitrogen and oxygen atoms in total. The molecule has 0 saturated heterocycles. The molecule has 2 aromatic rings. The van der Waals surface area contributed by atoms with E-state index in [2.05, 4.69) is 0 Å². The van der Waals surface area contributed by atoms with Gasteiger partial charge in [0.2, 0.25) is 0 Å². The Bertz CT molecular complexity index is 898. The molecule has 4 heteroatoms. The maximum atomic E-state index is 12.9. The second kappa shape index (κ2) is 6.40. The molecule has 1 aliphatic heterocycles. The molecule has 0 saturated carbocycles. The molecule has 1 heterocycles. The lowest BCUT2D eigenvalue weighted by atomic mass is 9.99. The van der Waals surface area contributed by atoms with Gasteiger partial charge in [-0.25, -0.2) is 0 Å². The smallest absolute Gasteiger partial charge is 0.261 e. The molecule has 0 radical (unpaired) electrons. The molecule has 0 bridgehead atoms. The number of aryl methyl sites for hydroxylation is 1. The van der Waals surface area contributed by atoms with Crippen LogP contribution in [0.4, 0.5) is 5.69 Å². The number of hydrogen-bond donors (Lipinski definition) is 0. The number of anilines is 1. The fraction of sp³-hybridized carbons (Fsp3) is 0.150. The van der Waals surface area contributed by atoms with Gasteiger partial charge in [-0.3, -0.25) is 4.79 Å². The van der Waals surface area contributed by atoms with E-state index in [1.165, 1.54) is 0 Å². The van der Waals surface area contributed by atoms with Gasteiger partial charge in [-0.2, -0.15) is 10.5 Å². The third kappa shape index (κ3) is 2.55. The molecule has 116 valence electrons. The highest BCUT2D eigenvalue weighted by Gasteiger charge is 2.35. The van der Waals surface area contributed by atoms with Crippen molar-refractivity contribution in [3.63, 3.8) is 0 Å². The highest BCUT2D eigenvalue weighted by atomic mass is 16.2. The predicted molar refractivity (Wildman–Crippen MR) is 91.6 cm³/mol. The second-order valence-corrected chi connectivity index (χ2v) is 5.56. The van der Waals surface area contributed by atoms with Gasteiger partial charge in [-0.15, -0.1) is 0 Å². The number of rotatable bonds is 3. The summed E-state index contributed by atoms with van der Waals surface area (Å²) in [7, 11) is 0. The molecule has 24 heavy (non-hydrogen) atoms. The maximum absolute atomic E-state index is 12.9. The van der Waals surface area contributed by atoms with Crippen molar-refractivity contribution in [1.29, 1.82) is 10.5 Å². The van der Waals surface area contributed by atoms with Crippen LogP contribution in [-0.4, -0.2) is 5.91 Å². The summed E-state index contributed by atoms with van der Waals surface area (Å²) in [6.45, 7) is 2.44. The average Bonchev–Trinajstić information content (AvgIpc) is 2.89. The average molecular weight is 313 g/mol. The minimum absolute atomic E-state index is 0.134. The molecule has 0 atom stereocenters. The second-order valence-electron chi connectivity index (χ2n) is 5.56. The van der Waals surface area contributed by atoms with E-state index in [0.717, 1.165) is 23.2 Å². The summed E-state index contributed by atoms with van der Waals surface area (Å²) in [6.07, 6.45) is 0.821. The standard InChI is InChI=1S/C20H15N3O/c1-2-14-8-9-18-17(10-14)19(16(11-21)12-22)20(24)23(18)13-15-6-4-3-5-7-15/h3-10H,2,13H2,1H3. The van der Waals surface area contributed by atoms with Crippen molar-refractivity contribution in [2.45, 2.75) is 19.9 Å². The number of nitriles is 2. The van der Waals surface area contributed by atoms with Gasteiger partial charge in [0.15, 0.2) is 0 Å². The van der Waals surface area contributed by atoms with Gasteiger partial charge >= 0.3 is 0 Å². The zero-order chi connectivity index (χ0) is 17.1. The van der Waals surface area contributed by atoms with Crippen molar-refractivity contribution in [3.8, 4) is 12.1 Å². The van der Waals surface area contributed by atoms with Crippen LogP contribution in [0.15, 0.2) is 54.1 Å². The fourth-order valence-electron chi connectivity index (χ4n) is 2.90. The molecule has 2 aromatic carbocycles. The van der Waals surface area contributed by atoms with Gasteiger partial charge in [0, 0.05) is 5.56 Å². The number of carbonyl (C=O) groups is 1. The van der Waals surface area contributed by atoms with Gasteiger partial charge in [-0.05, 0) is 29.7 Å². The van der Waals surface area contributed by atoms with E-state index in [-0.39, 0.29) is 17.1 Å². The Kier molecular flexibility index (Phi) is 4.14. The number of carbonyl (C=O) groups excluding carboxylic acids is 1. The Labute approximate surface area is 140 Å². The minimum atomic E-state index is -0.291. The molecule has 1 amide bonds. The van der Waals surface area contributed by atoms with E-state index in [1.54, 1.807) is 4.90 Å². The Balaban J connectivity index is 2.15. The third-order valence-corrected chi connectivity index (χ3v) is 4.15. The number of fused-ring (bicyclic) bond motifs is 1. The number of benzene rings is 2. The Morgan fingerprint density at radius 1 is 1.04 bits per heavy atom. The van der Waals surface area contributed by atoms with Crippen molar-refractivity contribution in [3.05, 3.63) is 70.8 Å². The summed E-state index contributed by atoms with van der Waals surface area (Å²) < 4.78 is 0. The molecule has 0 spiro atoms. The zero-order valence-electron chi connectivity index (χ0n) is 13.3. The molecule has 0 aliphatic carbocycles. The molecule has 0 unspecified atom stereocenters. The number of allylic oxidation sites excluding steroid dienone is 1. The fourth-order valence-corrected chi connectivity index (χ4v) is 2.90.